The van der Waals surface area contributed by atoms with Gasteiger partial charge in [-0.1, -0.05) is 6.07 Å². The number of rotatable bonds is 6. The van der Waals surface area contributed by atoms with Crippen molar-refractivity contribution in [2.45, 2.75) is 26.3 Å². The summed E-state index contributed by atoms with van der Waals surface area (Å²) in [5.41, 5.74) is 1.78. The summed E-state index contributed by atoms with van der Waals surface area (Å²) in [6.45, 7) is 3.98. The molecule has 5 heteroatoms. The number of nitrogens with one attached hydrogen (secondary N) is 1. The molecule has 0 fully saturated rings. The first-order valence-electron chi connectivity index (χ1n) is 5.55. The molecule has 94 valence electrons. The molecule has 0 heterocycles. The Kier molecular flexibility index (Phi) is 5.28. The van der Waals surface area contributed by atoms with Crippen LogP contribution in [-0.4, -0.2) is 23.0 Å². The number of aryl methyl sites for hydroxylation is 1. The van der Waals surface area contributed by atoms with Crippen LogP contribution in [-0.2, 0) is 0 Å². The summed E-state index contributed by atoms with van der Waals surface area (Å²) >= 11 is 1.78. The number of hydrogen-bond donors (Lipinski definition) is 1. The van der Waals surface area contributed by atoms with E-state index in [4.69, 9.17) is 0 Å². The van der Waals surface area contributed by atoms with Gasteiger partial charge in [0.15, 0.2) is 0 Å². The minimum absolute atomic E-state index is 0.145. The minimum atomic E-state index is -0.344. The Labute approximate surface area is 106 Å². The highest BCUT2D eigenvalue weighted by Crippen LogP contribution is 2.26. The summed E-state index contributed by atoms with van der Waals surface area (Å²) < 4.78 is 0. The van der Waals surface area contributed by atoms with Crippen LogP contribution in [0.2, 0.25) is 0 Å². The van der Waals surface area contributed by atoms with Crippen LogP contribution in [0.15, 0.2) is 18.2 Å². The Morgan fingerprint density at radius 1 is 1.53 bits per heavy atom. The normalized spacial score (nSPS) is 12.2. The van der Waals surface area contributed by atoms with Gasteiger partial charge in [0.25, 0.3) is 5.69 Å². The molecule has 0 radical (unpaired) electrons. The van der Waals surface area contributed by atoms with Crippen LogP contribution in [0.5, 0.6) is 0 Å². The molecule has 0 aliphatic carbocycles. The Balaban J connectivity index is 2.81. The highest BCUT2D eigenvalue weighted by atomic mass is 32.2. The second-order valence-corrected chi connectivity index (χ2v) is 5.09. The highest BCUT2D eigenvalue weighted by Gasteiger charge is 2.14. The van der Waals surface area contributed by atoms with Crippen molar-refractivity contribution in [2.75, 3.05) is 17.3 Å². The zero-order chi connectivity index (χ0) is 12.8. The summed E-state index contributed by atoms with van der Waals surface area (Å²) in [6, 6.07) is 5.38. The quantitative estimate of drug-likeness (QED) is 0.624. The lowest BCUT2D eigenvalue weighted by atomic mass is 10.1. The van der Waals surface area contributed by atoms with E-state index in [1.807, 2.05) is 19.9 Å². The molecule has 0 aromatic heterocycles. The molecule has 1 N–H and O–H groups in total. The average Bonchev–Trinajstić information content (AvgIpc) is 2.26. The molecule has 4 nitrogen and oxygen atoms in total. The largest absolute Gasteiger partial charge is 0.377 e. The first-order valence-corrected chi connectivity index (χ1v) is 6.94. The van der Waals surface area contributed by atoms with Gasteiger partial charge in [-0.15, -0.1) is 0 Å². The third kappa shape index (κ3) is 4.26. The first kappa shape index (κ1) is 13.8. The maximum atomic E-state index is 10.9. The molecule has 17 heavy (non-hydrogen) atoms. The van der Waals surface area contributed by atoms with E-state index >= 15 is 0 Å². The van der Waals surface area contributed by atoms with E-state index in [-0.39, 0.29) is 16.7 Å². The summed E-state index contributed by atoms with van der Waals surface area (Å²) in [7, 11) is 0. The third-order valence-corrected chi connectivity index (χ3v) is 3.15. The smallest absolute Gasteiger partial charge is 0.292 e. The van der Waals surface area contributed by atoms with Crippen molar-refractivity contribution >= 4 is 23.1 Å². The van der Waals surface area contributed by atoms with Crippen LogP contribution in [0.4, 0.5) is 11.4 Å². The van der Waals surface area contributed by atoms with Gasteiger partial charge in [-0.05, 0) is 43.9 Å². The number of thioether (sulfide) groups is 1. The molecule has 0 aliphatic heterocycles. The lowest BCUT2D eigenvalue weighted by molar-refractivity contribution is -0.384. The third-order valence-electron chi connectivity index (χ3n) is 2.51. The van der Waals surface area contributed by atoms with Gasteiger partial charge in [0, 0.05) is 12.1 Å². The molecule has 1 aromatic carbocycles. The molecule has 0 spiro atoms. The van der Waals surface area contributed by atoms with E-state index in [1.54, 1.807) is 23.9 Å². The molecule has 0 saturated heterocycles. The molecule has 0 aliphatic rings. The fourth-order valence-corrected chi connectivity index (χ4v) is 2.15. The maximum Gasteiger partial charge on any atom is 0.292 e. The molecular weight excluding hydrogens is 236 g/mol. The SMILES string of the molecule is CSCCC(C)Nc1cc(C)ccc1[N+](=O)[O-]. The number of anilines is 1. The van der Waals surface area contributed by atoms with E-state index < -0.39 is 0 Å². The van der Waals surface area contributed by atoms with Gasteiger partial charge in [-0.3, -0.25) is 10.1 Å². The van der Waals surface area contributed by atoms with E-state index in [9.17, 15) is 10.1 Å². The van der Waals surface area contributed by atoms with Crippen LogP contribution in [0.25, 0.3) is 0 Å². The summed E-state index contributed by atoms with van der Waals surface area (Å²) in [5, 5.41) is 14.1. The van der Waals surface area contributed by atoms with Gasteiger partial charge in [-0.25, -0.2) is 0 Å². The van der Waals surface area contributed by atoms with Crippen molar-refractivity contribution in [3.63, 3.8) is 0 Å². The minimum Gasteiger partial charge on any atom is -0.377 e. The summed E-state index contributed by atoms with van der Waals surface area (Å²) in [5.74, 6) is 1.05. The molecule has 1 rings (SSSR count). The van der Waals surface area contributed by atoms with Gasteiger partial charge in [-0.2, -0.15) is 11.8 Å². The van der Waals surface area contributed by atoms with Gasteiger partial charge in [0.1, 0.15) is 5.69 Å². The lowest BCUT2D eigenvalue weighted by Gasteiger charge is -2.15. The Bertz CT molecular complexity index is 396. The fourth-order valence-electron chi connectivity index (χ4n) is 1.56. The van der Waals surface area contributed by atoms with E-state index in [2.05, 4.69) is 11.6 Å². The monoisotopic (exact) mass is 254 g/mol. The van der Waals surface area contributed by atoms with Crippen LogP contribution >= 0.6 is 11.8 Å². The molecule has 1 aromatic rings. The number of nitrogens with zero attached hydrogens (tertiary/aromatic N) is 1. The predicted octanol–water partition coefficient (Wildman–Crippen LogP) is 3.46. The van der Waals surface area contributed by atoms with E-state index in [0.717, 1.165) is 17.7 Å². The van der Waals surface area contributed by atoms with Crippen LogP contribution in [0.1, 0.15) is 18.9 Å². The van der Waals surface area contributed by atoms with E-state index in [1.165, 1.54) is 0 Å². The standard InChI is InChI=1S/C12H18N2O2S/c1-9-4-5-12(14(15)16)11(8-9)13-10(2)6-7-17-3/h4-5,8,10,13H,6-7H2,1-3H3. The van der Waals surface area contributed by atoms with Crippen LogP contribution in [0.3, 0.4) is 0 Å². The molecule has 1 atom stereocenters. The summed E-state index contributed by atoms with van der Waals surface area (Å²) in [6.07, 6.45) is 3.05. The second kappa shape index (κ2) is 6.49. The average molecular weight is 254 g/mol. The molecule has 0 saturated carbocycles. The van der Waals surface area contributed by atoms with Crippen molar-refractivity contribution in [3.8, 4) is 0 Å². The van der Waals surface area contributed by atoms with Gasteiger partial charge in [0.2, 0.25) is 0 Å². The zero-order valence-electron chi connectivity index (χ0n) is 10.4. The number of hydrogen-bond acceptors (Lipinski definition) is 4. The van der Waals surface area contributed by atoms with Crippen LogP contribution < -0.4 is 5.32 Å². The molecular formula is C12H18N2O2S. The molecule has 1 unspecified atom stereocenters. The predicted molar refractivity (Wildman–Crippen MR) is 73.9 cm³/mol. The number of benzene rings is 1. The maximum absolute atomic E-state index is 10.9. The number of nitro benzene ring substituents is 1. The van der Waals surface area contributed by atoms with Crippen molar-refractivity contribution in [2.24, 2.45) is 0 Å². The van der Waals surface area contributed by atoms with Crippen molar-refractivity contribution < 1.29 is 4.92 Å². The zero-order valence-corrected chi connectivity index (χ0v) is 11.2. The number of nitro groups is 1. The molecule has 0 bridgehead atoms. The Hall–Kier alpha value is -1.23. The van der Waals surface area contributed by atoms with E-state index in [0.29, 0.717) is 5.69 Å². The van der Waals surface area contributed by atoms with Crippen molar-refractivity contribution in [3.05, 3.63) is 33.9 Å². The van der Waals surface area contributed by atoms with Crippen molar-refractivity contribution in [1.29, 1.82) is 0 Å². The van der Waals surface area contributed by atoms with Gasteiger partial charge >= 0.3 is 0 Å². The Morgan fingerprint density at radius 3 is 2.82 bits per heavy atom. The van der Waals surface area contributed by atoms with Crippen molar-refractivity contribution in [1.82, 2.24) is 0 Å². The fraction of sp³-hybridized carbons (Fsp3) is 0.500. The van der Waals surface area contributed by atoms with Gasteiger partial charge in [0.05, 0.1) is 4.92 Å². The summed E-state index contributed by atoms with van der Waals surface area (Å²) in [4.78, 5) is 10.5. The lowest BCUT2D eigenvalue weighted by Crippen LogP contribution is -2.16. The second-order valence-electron chi connectivity index (χ2n) is 4.10. The highest BCUT2D eigenvalue weighted by molar-refractivity contribution is 7.98. The van der Waals surface area contributed by atoms with Crippen LogP contribution in [0, 0.1) is 17.0 Å². The molecule has 0 amide bonds. The Morgan fingerprint density at radius 2 is 2.24 bits per heavy atom. The van der Waals surface area contributed by atoms with Gasteiger partial charge < -0.3 is 5.32 Å². The topological polar surface area (TPSA) is 55.2 Å². The first-order chi connectivity index (χ1) is 8.04.